The number of esters is 1. The molecule has 0 fully saturated rings. The van der Waals surface area contributed by atoms with E-state index < -0.39 is 0 Å². The molecule has 2 aromatic heterocycles. The summed E-state index contributed by atoms with van der Waals surface area (Å²) < 4.78 is 6.86. The first-order valence-corrected chi connectivity index (χ1v) is 5.68. The number of fused-ring (bicyclic) bond motifs is 1. The molecule has 6 heteroatoms. The minimum Gasteiger partial charge on any atom is -0.465 e. The van der Waals surface area contributed by atoms with Crippen LogP contribution in [0.4, 0.5) is 0 Å². The van der Waals surface area contributed by atoms with Crippen LogP contribution in [0.15, 0.2) is 12.1 Å². The first-order chi connectivity index (χ1) is 6.74. The Kier molecular flexibility index (Phi) is 4.10. The van der Waals surface area contributed by atoms with Crippen molar-refractivity contribution in [1.29, 1.82) is 0 Å². The molecule has 2 N–H and O–H groups in total. The van der Waals surface area contributed by atoms with Crippen LogP contribution < -0.4 is 5.73 Å². The SMILES string of the molecule is COC(=O)c1cc2sc(CN)cc2s1.Cl. The average molecular weight is 264 g/mol. The standard InChI is InChI=1S/C9H9NO2S2.ClH/c1-12-9(11)8-3-7-6(14-8)2-5(4-10)13-7;/h2-3H,4,10H2,1H3;1H. The van der Waals surface area contributed by atoms with E-state index in [9.17, 15) is 4.79 Å². The highest BCUT2D eigenvalue weighted by molar-refractivity contribution is 7.28. The van der Waals surface area contributed by atoms with Gasteiger partial charge in [-0.25, -0.2) is 4.79 Å². The van der Waals surface area contributed by atoms with Gasteiger partial charge >= 0.3 is 5.97 Å². The summed E-state index contributed by atoms with van der Waals surface area (Å²) in [6, 6.07) is 3.88. The molecule has 0 bridgehead atoms. The van der Waals surface area contributed by atoms with Crippen molar-refractivity contribution in [2.45, 2.75) is 6.54 Å². The summed E-state index contributed by atoms with van der Waals surface area (Å²) in [6.07, 6.45) is 0. The Labute approximate surface area is 101 Å². The van der Waals surface area contributed by atoms with E-state index in [1.165, 1.54) is 18.4 Å². The van der Waals surface area contributed by atoms with Crippen LogP contribution in [0.5, 0.6) is 0 Å². The van der Waals surface area contributed by atoms with Crippen LogP contribution in [0, 0.1) is 0 Å². The van der Waals surface area contributed by atoms with Gasteiger partial charge in [0.1, 0.15) is 4.88 Å². The zero-order valence-corrected chi connectivity index (χ0v) is 10.4. The molecule has 82 valence electrons. The molecule has 0 saturated heterocycles. The molecule has 0 aliphatic carbocycles. The summed E-state index contributed by atoms with van der Waals surface area (Å²) in [7, 11) is 1.39. The predicted octanol–water partition coefficient (Wildman–Crippen LogP) is 2.63. The molecule has 3 nitrogen and oxygen atoms in total. The molecule has 0 spiro atoms. The zero-order valence-electron chi connectivity index (χ0n) is 7.98. The second kappa shape index (κ2) is 4.94. The van der Waals surface area contributed by atoms with E-state index >= 15 is 0 Å². The number of methoxy groups -OCH3 is 1. The molecule has 0 saturated carbocycles. The van der Waals surface area contributed by atoms with Crippen LogP contribution in [-0.2, 0) is 11.3 Å². The third-order valence-electron chi connectivity index (χ3n) is 1.85. The van der Waals surface area contributed by atoms with Crippen molar-refractivity contribution in [3.63, 3.8) is 0 Å². The maximum Gasteiger partial charge on any atom is 0.348 e. The van der Waals surface area contributed by atoms with E-state index in [2.05, 4.69) is 4.74 Å². The Morgan fingerprint density at radius 3 is 2.60 bits per heavy atom. The first kappa shape index (κ1) is 12.4. The highest BCUT2D eigenvalue weighted by Crippen LogP contribution is 2.33. The van der Waals surface area contributed by atoms with Gasteiger partial charge in [-0.3, -0.25) is 0 Å². The third kappa shape index (κ3) is 2.31. The lowest BCUT2D eigenvalue weighted by Gasteiger charge is -1.91. The molecule has 0 unspecified atom stereocenters. The maximum atomic E-state index is 11.2. The third-order valence-corrected chi connectivity index (χ3v) is 4.14. The number of halogens is 1. The van der Waals surface area contributed by atoms with Crippen LogP contribution in [0.25, 0.3) is 9.40 Å². The Balaban J connectivity index is 0.00000112. The molecule has 2 rings (SSSR count). The fourth-order valence-corrected chi connectivity index (χ4v) is 3.41. The number of carbonyl (C=O) groups is 1. The van der Waals surface area contributed by atoms with Crippen LogP contribution in [-0.4, -0.2) is 13.1 Å². The van der Waals surface area contributed by atoms with Gasteiger partial charge in [0.25, 0.3) is 0 Å². The number of thiophene rings is 2. The molecule has 0 radical (unpaired) electrons. The van der Waals surface area contributed by atoms with Gasteiger partial charge < -0.3 is 10.5 Å². The van der Waals surface area contributed by atoms with Crippen LogP contribution in [0.1, 0.15) is 14.5 Å². The van der Waals surface area contributed by atoms with Crippen molar-refractivity contribution in [2.24, 2.45) is 5.73 Å². The second-order valence-corrected chi connectivity index (χ2v) is 5.00. The van der Waals surface area contributed by atoms with Gasteiger partial charge in [0.15, 0.2) is 0 Å². The van der Waals surface area contributed by atoms with E-state index in [1.54, 1.807) is 11.3 Å². The van der Waals surface area contributed by atoms with E-state index in [4.69, 9.17) is 5.73 Å². The lowest BCUT2D eigenvalue weighted by atomic mass is 10.4. The van der Waals surface area contributed by atoms with Crippen molar-refractivity contribution in [3.05, 3.63) is 21.9 Å². The number of hydrogen-bond acceptors (Lipinski definition) is 5. The average Bonchev–Trinajstić information content (AvgIpc) is 2.72. The minimum atomic E-state index is -0.271. The quantitative estimate of drug-likeness (QED) is 0.848. The summed E-state index contributed by atoms with van der Waals surface area (Å²) in [5.74, 6) is -0.271. The smallest absolute Gasteiger partial charge is 0.348 e. The number of ether oxygens (including phenoxy) is 1. The van der Waals surface area contributed by atoms with Crippen LogP contribution in [0.3, 0.4) is 0 Å². The second-order valence-electron chi connectivity index (χ2n) is 2.75. The van der Waals surface area contributed by atoms with Crippen LogP contribution >= 0.6 is 35.1 Å². The van der Waals surface area contributed by atoms with E-state index in [-0.39, 0.29) is 18.4 Å². The van der Waals surface area contributed by atoms with Gasteiger partial charge in [-0.1, -0.05) is 0 Å². The summed E-state index contributed by atoms with van der Waals surface area (Å²) in [5.41, 5.74) is 5.52. The van der Waals surface area contributed by atoms with Crippen molar-refractivity contribution < 1.29 is 9.53 Å². The normalized spacial score (nSPS) is 10.0. The fraction of sp³-hybridized carbons (Fsp3) is 0.222. The summed E-state index contributed by atoms with van der Waals surface area (Å²) in [6.45, 7) is 0.555. The van der Waals surface area contributed by atoms with E-state index in [0.29, 0.717) is 11.4 Å². The van der Waals surface area contributed by atoms with E-state index in [1.807, 2.05) is 12.1 Å². The van der Waals surface area contributed by atoms with Gasteiger partial charge in [0, 0.05) is 20.8 Å². The predicted molar refractivity (Wildman–Crippen MR) is 66.2 cm³/mol. The molecule has 0 amide bonds. The van der Waals surface area contributed by atoms with Gasteiger partial charge in [-0.15, -0.1) is 35.1 Å². The number of carbonyl (C=O) groups excluding carboxylic acids is 1. The molecule has 0 atom stereocenters. The van der Waals surface area contributed by atoms with Crippen molar-refractivity contribution >= 4 is 50.4 Å². The van der Waals surface area contributed by atoms with Gasteiger partial charge in [-0.05, 0) is 12.1 Å². The fourth-order valence-electron chi connectivity index (χ4n) is 1.19. The van der Waals surface area contributed by atoms with Crippen molar-refractivity contribution in [3.8, 4) is 0 Å². The van der Waals surface area contributed by atoms with E-state index in [0.717, 1.165) is 14.3 Å². The molecule has 2 heterocycles. The molecule has 2 aromatic rings. The Morgan fingerprint density at radius 1 is 1.40 bits per heavy atom. The molecule has 15 heavy (non-hydrogen) atoms. The van der Waals surface area contributed by atoms with Crippen LogP contribution in [0.2, 0.25) is 0 Å². The number of rotatable bonds is 2. The summed E-state index contributed by atoms with van der Waals surface area (Å²) in [5, 5.41) is 0. The molecular formula is C9H10ClNO2S2. The first-order valence-electron chi connectivity index (χ1n) is 4.05. The van der Waals surface area contributed by atoms with Gasteiger partial charge in [0.2, 0.25) is 0 Å². The highest BCUT2D eigenvalue weighted by atomic mass is 35.5. The zero-order chi connectivity index (χ0) is 10.1. The minimum absolute atomic E-state index is 0. The van der Waals surface area contributed by atoms with Gasteiger partial charge in [0.05, 0.1) is 7.11 Å². The largest absolute Gasteiger partial charge is 0.465 e. The Hall–Kier alpha value is -0.620. The number of nitrogens with two attached hydrogens (primary N) is 1. The summed E-state index contributed by atoms with van der Waals surface area (Å²) in [4.78, 5) is 13.0. The van der Waals surface area contributed by atoms with Crippen molar-refractivity contribution in [2.75, 3.05) is 7.11 Å². The molecule has 0 aromatic carbocycles. The molecule has 0 aliphatic heterocycles. The monoisotopic (exact) mass is 263 g/mol. The number of hydrogen-bond donors (Lipinski definition) is 1. The molecular weight excluding hydrogens is 254 g/mol. The Bertz CT molecular complexity index is 446. The van der Waals surface area contributed by atoms with Gasteiger partial charge in [-0.2, -0.15) is 0 Å². The van der Waals surface area contributed by atoms with Crippen molar-refractivity contribution in [1.82, 2.24) is 0 Å². The maximum absolute atomic E-state index is 11.2. The lowest BCUT2D eigenvalue weighted by Crippen LogP contribution is -1.96. The highest BCUT2D eigenvalue weighted by Gasteiger charge is 2.12. The lowest BCUT2D eigenvalue weighted by molar-refractivity contribution is 0.0606. The Morgan fingerprint density at radius 2 is 2.07 bits per heavy atom. The molecule has 0 aliphatic rings. The topological polar surface area (TPSA) is 52.3 Å². The summed E-state index contributed by atoms with van der Waals surface area (Å²) >= 11 is 3.07.